The third kappa shape index (κ3) is 6.04. The number of rotatable bonds is 2. The van der Waals surface area contributed by atoms with Gasteiger partial charge < -0.3 is 29.3 Å². The van der Waals surface area contributed by atoms with Crippen LogP contribution in [-0.2, 0) is 9.30 Å². The molecule has 0 aromatic rings. The van der Waals surface area contributed by atoms with Crippen LogP contribution in [0.4, 0.5) is 0 Å². The summed E-state index contributed by atoms with van der Waals surface area (Å²) in [5, 5.41) is 16.3. The van der Waals surface area contributed by atoms with Gasteiger partial charge in [0.15, 0.2) is 7.60 Å². The molecule has 0 saturated carbocycles. The van der Waals surface area contributed by atoms with E-state index < -0.39 is 19.8 Å². The monoisotopic (exact) mass is 239 g/mol. The Morgan fingerprint density at radius 3 is 2.40 bits per heavy atom. The summed E-state index contributed by atoms with van der Waals surface area (Å²) in [4.78, 5) is 18.7. The standard InChI is InChI=1S/C7H13O5P.CH4O/c1-5-4-6(8)7(12-5)2-3-13(9,10)11;1-2/h2-3,5-8H,4H2,1H3,(H2,9,10,11);2H,1H3/p-1/b3-2+;/t5-,6?,7+;/m0./s1. The van der Waals surface area contributed by atoms with E-state index in [2.05, 4.69) is 0 Å². The molecule has 1 fully saturated rings. The van der Waals surface area contributed by atoms with Gasteiger partial charge >= 0.3 is 0 Å². The Morgan fingerprint density at radius 1 is 1.53 bits per heavy atom. The van der Waals surface area contributed by atoms with Gasteiger partial charge in [0.1, 0.15) is 6.10 Å². The lowest BCUT2D eigenvalue weighted by Crippen LogP contribution is -2.17. The molecule has 1 saturated heterocycles. The minimum Gasteiger partial charge on any atom is -0.776 e. The average molecular weight is 239 g/mol. The Hall–Kier alpha value is -0.230. The molecule has 7 heteroatoms. The van der Waals surface area contributed by atoms with Crippen molar-refractivity contribution in [2.75, 3.05) is 7.11 Å². The molecule has 15 heavy (non-hydrogen) atoms. The molecule has 0 radical (unpaired) electrons. The molecule has 1 aliphatic rings. The lowest BCUT2D eigenvalue weighted by molar-refractivity contribution is -0.189. The first-order valence-corrected chi connectivity index (χ1v) is 6.04. The second-order valence-corrected chi connectivity index (χ2v) is 4.55. The fraction of sp³-hybridized carbons (Fsp3) is 0.750. The molecule has 0 aromatic carbocycles. The zero-order valence-corrected chi connectivity index (χ0v) is 9.50. The van der Waals surface area contributed by atoms with E-state index in [0.29, 0.717) is 12.2 Å². The molecule has 1 aliphatic heterocycles. The van der Waals surface area contributed by atoms with Gasteiger partial charge in [-0.1, -0.05) is 0 Å². The number of hydrogen-bond acceptors (Lipinski definition) is 5. The first kappa shape index (κ1) is 14.8. The summed E-state index contributed by atoms with van der Waals surface area (Å²) in [6.07, 6.45) is 0.211. The summed E-state index contributed by atoms with van der Waals surface area (Å²) in [6.45, 7) is 1.78. The predicted octanol–water partition coefficient (Wildman–Crippen LogP) is -0.807. The van der Waals surface area contributed by atoms with Gasteiger partial charge in [0.2, 0.25) is 0 Å². The smallest absolute Gasteiger partial charge is 0.155 e. The number of ether oxygens (including phenoxy) is 1. The van der Waals surface area contributed by atoms with Crippen molar-refractivity contribution in [1.82, 2.24) is 0 Å². The van der Waals surface area contributed by atoms with E-state index in [-0.39, 0.29) is 6.10 Å². The highest BCUT2D eigenvalue weighted by Gasteiger charge is 2.29. The van der Waals surface area contributed by atoms with Crippen LogP contribution in [0.15, 0.2) is 11.9 Å². The number of aliphatic hydroxyl groups is 2. The summed E-state index contributed by atoms with van der Waals surface area (Å²) in [5.41, 5.74) is 0. The van der Waals surface area contributed by atoms with Crippen LogP contribution in [0.5, 0.6) is 0 Å². The van der Waals surface area contributed by atoms with Crippen molar-refractivity contribution >= 4 is 7.60 Å². The van der Waals surface area contributed by atoms with Crippen LogP contribution in [-0.4, -0.2) is 40.5 Å². The number of hydrogen-bond donors (Lipinski definition) is 3. The summed E-state index contributed by atoms with van der Waals surface area (Å²) in [5.74, 6) is 0.652. The Labute approximate surface area is 88.4 Å². The molecule has 1 heterocycles. The predicted molar refractivity (Wildman–Crippen MR) is 52.1 cm³/mol. The van der Waals surface area contributed by atoms with Gasteiger partial charge in [-0.3, -0.25) is 0 Å². The maximum Gasteiger partial charge on any atom is 0.155 e. The Balaban J connectivity index is 0.000000921. The maximum atomic E-state index is 10.3. The van der Waals surface area contributed by atoms with E-state index in [0.717, 1.165) is 13.2 Å². The van der Waals surface area contributed by atoms with Crippen molar-refractivity contribution in [3.05, 3.63) is 11.9 Å². The molecule has 1 rings (SSSR count). The Bertz CT molecular complexity index is 248. The van der Waals surface area contributed by atoms with Crippen LogP contribution in [0.2, 0.25) is 0 Å². The molecule has 0 amide bonds. The topological polar surface area (TPSA) is 110 Å². The molecule has 3 N–H and O–H groups in total. The van der Waals surface area contributed by atoms with E-state index in [4.69, 9.17) is 14.7 Å². The summed E-state index contributed by atoms with van der Waals surface area (Å²) in [7, 11) is -3.39. The van der Waals surface area contributed by atoms with Crippen LogP contribution in [0.1, 0.15) is 13.3 Å². The quantitative estimate of drug-likeness (QED) is 0.544. The lowest BCUT2D eigenvalue weighted by atomic mass is 10.1. The van der Waals surface area contributed by atoms with Crippen molar-refractivity contribution in [3.8, 4) is 0 Å². The highest BCUT2D eigenvalue weighted by atomic mass is 31.2. The third-order valence-corrected chi connectivity index (χ3v) is 2.36. The summed E-state index contributed by atoms with van der Waals surface area (Å²) in [6, 6.07) is 0. The SMILES string of the molecule is CO.C[C@H]1CC(O)[C@@H](/C=C/P(=O)([O-])O)O1. The van der Waals surface area contributed by atoms with Crippen LogP contribution < -0.4 is 4.89 Å². The van der Waals surface area contributed by atoms with E-state index >= 15 is 0 Å². The van der Waals surface area contributed by atoms with E-state index in [9.17, 15) is 14.6 Å². The zero-order valence-electron chi connectivity index (χ0n) is 8.61. The fourth-order valence-electron chi connectivity index (χ4n) is 1.26. The van der Waals surface area contributed by atoms with E-state index in [1.54, 1.807) is 6.92 Å². The van der Waals surface area contributed by atoms with Crippen molar-refractivity contribution < 1.29 is 29.3 Å². The normalized spacial score (nSPS) is 34.7. The molecule has 90 valence electrons. The van der Waals surface area contributed by atoms with Crippen molar-refractivity contribution in [1.29, 1.82) is 0 Å². The van der Waals surface area contributed by atoms with E-state index in [1.807, 2.05) is 0 Å². The lowest BCUT2D eigenvalue weighted by Gasteiger charge is -2.12. The fourth-order valence-corrected chi connectivity index (χ4v) is 1.64. The molecule has 4 atom stereocenters. The average Bonchev–Trinajstić information content (AvgIpc) is 2.44. The third-order valence-electron chi connectivity index (χ3n) is 1.81. The Morgan fingerprint density at radius 2 is 2.07 bits per heavy atom. The van der Waals surface area contributed by atoms with Gasteiger partial charge in [0.05, 0.1) is 12.2 Å². The molecule has 0 spiro atoms. The minimum absolute atomic E-state index is 0.0885. The first-order chi connectivity index (χ1) is 6.88. The minimum atomic E-state index is -4.39. The highest BCUT2D eigenvalue weighted by Crippen LogP contribution is 2.32. The Kier molecular flexibility index (Phi) is 6.28. The van der Waals surface area contributed by atoms with Crippen molar-refractivity contribution in [3.63, 3.8) is 0 Å². The molecular formula is C8H16O6P-. The van der Waals surface area contributed by atoms with E-state index in [1.165, 1.54) is 0 Å². The molecular weight excluding hydrogens is 223 g/mol. The maximum absolute atomic E-state index is 10.3. The van der Waals surface area contributed by atoms with Crippen LogP contribution in [0, 0.1) is 0 Å². The molecule has 2 unspecified atom stereocenters. The second-order valence-electron chi connectivity index (χ2n) is 3.12. The van der Waals surface area contributed by atoms with Crippen molar-refractivity contribution in [2.24, 2.45) is 0 Å². The molecule has 6 nitrogen and oxygen atoms in total. The summed E-state index contributed by atoms with van der Waals surface area (Å²) >= 11 is 0. The van der Waals surface area contributed by atoms with Crippen molar-refractivity contribution in [2.45, 2.75) is 31.7 Å². The first-order valence-electron chi connectivity index (χ1n) is 4.39. The van der Waals surface area contributed by atoms with Crippen LogP contribution in [0.25, 0.3) is 0 Å². The largest absolute Gasteiger partial charge is 0.776 e. The molecule has 0 aliphatic carbocycles. The zero-order chi connectivity index (χ0) is 12.1. The molecule has 0 bridgehead atoms. The highest BCUT2D eigenvalue weighted by molar-refractivity contribution is 7.53. The van der Waals surface area contributed by atoms with Gasteiger partial charge in [0.25, 0.3) is 0 Å². The summed E-state index contributed by atoms with van der Waals surface area (Å²) < 4.78 is 15.5. The second kappa shape index (κ2) is 6.37. The van der Waals surface area contributed by atoms with Crippen LogP contribution >= 0.6 is 7.60 Å². The van der Waals surface area contributed by atoms with Gasteiger partial charge in [-0.15, -0.1) is 0 Å². The van der Waals surface area contributed by atoms with Gasteiger partial charge in [-0.05, 0) is 18.8 Å². The van der Waals surface area contributed by atoms with Gasteiger partial charge in [0, 0.05) is 13.5 Å². The molecule has 0 aromatic heterocycles. The number of aliphatic hydroxyl groups excluding tert-OH is 2. The van der Waals surface area contributed by atoms with Crippen LogP contribution in [0.3, 0.4) is 0 Å². The van der Waals surface area contributed by atoms with Gasteiger partial charge in [-0.2, -0.15) is 0 Å². The van der Waals surface area contributed by atoms with Gasteiger partial charge in [-0.25, -0.2) is 0 Å².